The second kappa shape index (κ2) is 6.28. The molecular weight excluding hydrogens is 224 g/mol. The van der Waals surface area contributed by atoms with Crippen LogP contribution in [-0.2, 0) is 0 Å². The van der Waals surface area contributed by atoms with Crippen molar-refractivity contribution in [2.45, 2.75) is 19.1 Å². The topological polar surface area (TPSA) is 45.1 Å². The number of hydrogen-bond donors (Lipinski definition) is 2. The van der Waals surface area contributed by atoms with Crippen molar-refractivity contribution in [3.63, 3.8) is 0 Å². The Morgan fingerprint density at radius 1 is 1.06 bits per heavy atom. The number of rotatable bonds is 5. The minimum atomic E-state index is -0.476. The SMILES string of the molecule is C[C@@H](NCC(O)c1ccccc1)c1ccncc1. The summed E-state index contributed by atoms with van der Waals surface area (Å²) in [6.45, 7) is 2.61. The highest BCUT2D eigenvalue weighted by atomic mass is 16.3. The van der Waals surface area contributed by atoms with Crippen LogP contribution >= 0.6 is 0 Å². The van der Waals surface area contributed by atoms with Crippen molar-refractivity contribution in [3.8, 4) is 0 Å². The van der Waals surface area contributed by atoms with Crippen LogP contribution in [0, 0.1) is 0 Å². The highest BCUT2D eigenvalue weighted by Gasteiger charge is 2.09. The van der Waals surface area contributed by atoms with Gasteiger partial charge in [-0.25, -0.2) is 0 Å². The van der Waals surface area contributed by atoms with Gasteiger partial charge in [0.05, 0.1) is 6.10 Å². The van der Waals surface area contributed by atoms with Gasteiger partial charge in [0.25, 0.3) is 0 Å². The fraction of sp³-hybridized carbons (Fsp3) is 0.267. The molecule has 0 aliphatic carbocycles. The van der Waals surface area contributed by atoms with Crippen LogP contribution in [0.3, 0.4) is 0 Å². The maximum atomic E-state index is 10.0. The van der Waals surface area contributed by atoms with Crippen LogP contribution in [-0.4, -0.2) is 16.6 Å². The van der Waals surface area contributed by atoms with Gasteiger partial charge in [0, 0.05) is 25.0 Å². The summed E-state index contributed by atoms with van der Waals surface area (Å²) in [6, 6.07) is 13.8. The molecule has 0 amide bonds. The van der Waals surface area contributed by atoms with Crippen molar-refractivity contribution in [2.75, 3.05) is 6.54 Å². The van der Waals surface area contributed by atoms with Gasteiger partial charge in [-0.2, -0.15) is 0 Å². The second-order valence-electron chi connectivity index (χ2n) is 4.34. The molecule has 0 saturated heterocycles. The van der Waals surface area contributed by atoms with E-state index in [1.54, 1.807) is 12.4 Å². The van der Waals surface area contributed by atoms with Crippen molar-refractivity contribution >= 4 is 0 Å². The normalized spacial score (nSPS) is 14.1. The zero-order valence-corrected chi connectivity index (χ0v) is 10.5. The van der Waals surface area contributed by atoms with E-state index in [4.69, 9.17) is 0 Å². The molecule has 2 N–H and O–H groups in total. The molecule has 1 aromatic carbocycles. The Hall–Kier alpha value is -1.71. The van der Waals surface area contributed by atoms with Crippen LogP contribution in [0.15, 0.2) is 54.9 Å². The molecule has 2 rings (SSSR count). The minimum Gasteiger partial charge on any atom is -0.387 e. The zero-order valence-electron chi connectivity index (χ0n) is 10.5. The summed E-state index contributed by atoms with van der Waals surface area (Å²) >= 11 is 0. The van der Waals surface area contributed by atoms with Crippen LogP contribution in [0.5, 0.6) is 0 Å². The Balaban J connectivity index is 1.89. The van der Waals surface area contributed by atoms with Crippen molar-refractivity contribution in [1.82, 2.24) is 10.3 Å². The summed E-state index contributed by atoms with van der Waals surface area (Å²) in [5.41, 5.74) is 2.11. The van der Waals surface area contributed by atoms with E-state index in [-0.39, 0.29) is 6.04 Å². The van der Waals surface area contributed by atoms with Gasteiger partial charge in [-0.3, -0.25) is 4.98 Å². The van der Waals surface area contributed by atoms with E-state index < -0.39 is 6.10 Å². The van der Waals surface area contributed by atoms with Crippen LogP contribution < -0.4 is 5.32 Å². The van der Waals surface area contributed by atoms with Crippen molar-refractivity contribution < 1.29 is 5.11 Å². The quantitative estimate of drug-likeness (QED) is 0.846. The summed E-state index contributed by atoms with van der Waals surface area (Å²) in [7, 11) is 0. The molecule has 1 unspecified atom stereocenters. The maximum absolute atomic E-state index is 10.0. The van der Waals surface area contributed by atoms with E-state index in [9.17, 15) is 5.11 Å². The molecule has 3 nitrogen and oxygen atoms in total. The van der Waals surface area contributed by atoms with Crippen LogP contribution in [0.25, 0.3) is 0 Å². The van der Waals surface area contributed by atoms with Gasteiger partial charge < -0.3 is 10.4 Å². The van der Waals surface area contributed by atoms with Gasteiger partial charge in [0.15, 0.2) is 0 Å². The molecule has 3 heteroatoms. The molecule has 0 aliphatic rings. The van der Waals surface area contributed by atoms with Crippen molar-refractivity contribution in [3.05, 3.63) is 66.0 Å². The van der Waals surface area contributed by atoms with E-state index in [2.05, 4.69) is 17.2 Å². The Kier molecular flexibility index (Phi) is 4.45. The Morgan fingerprint density at radius 3 is 2.39 bits per heavy atom. The monoisotopic (exact) mass is 242 g/mol. The Labute approximate surface area is 108 Å². The first-order chi connectivity index (χ1) is 8.77. The molecule has 0 radical (unpaired) electrons. The van der Waals surface area contributed by atoms with E-state index in [0.29, 0.717) is 6.54 Å². The van der Waals surface area contributed by atoms with Crippen LogP contribution in [0.1, 0.15) is 30.2 Å². The van der Waals surface area contributed by atoms with Gasteiger partial charge >= 0.3 is 0 Å². The summed E-state index contributed by atoms with van der Waals surface area (Å²) in [6.07, 6.45) is 3.08. The van der Waals surface area contributed by atoms with Crippen molar-refractivity contribution in [1.29, 1.82) is 0 Å². The molecule has 0 bridgehead atoms. The van der Waals surface area contributed by atoms with E-state index >= 15 is 0 Å². The molecule has 0 spiro atoms. The summed E-state index contributed by atoms with van der Waals surface area (Å²) in [5, 5.41) is 13.4. The highest BCUT2D eigenvalue weighted by Crippen LogP contribution is 2.14. The predicted octanol–water partition coefficient (Wildman–Crippen LogP) is 2.47. The molecule has 0 aliphatic heterocycles. The first-order valence-corrected chi connectivity index (χ1v) is 6.13. The molecule has 0 fully saturated rings. The third-order valence-corrected chi connectivity index (χ3v) is 3.01. The van der Waals surface area contributed by atoms with E-state index in [1.165, 1.54) is 5.56 Å². The molecular formula is C15H18N2O. The number of pyridine rings is 1. The molecule has 94 valence electrons. The maximum Gasteiger partial charge on any atom is 0.0914 e. The fourth-order valence-electron chi connectivity index (χ4n) is 1.85. The van der Waals surface area contributed by atoms with Crippen LogP contribution in [0.4, 0.5) is 0 Å². The number of nitrogens with one attached hydrogen (secondary N) is 1. The lowest BCUT2D eigenvalue weighted by molar-refractivity contribution is 0.171. The van der Waals surface area contributed by atoms with Gasteiger partial charge in [-0.15, -0.1) is 0 Å². The lowest BCUT2D eigenvalue weighted by atomic mass is 10.1. The summed E-state index contributed by atoms with van der Waals surface area (Å²) in [4.78, 5) is 3.99. The average molecular weight is 242 g/mol. The number of aliphatic hydroxyl groups is 1. The standard InChI is InChI=1S/C15H18N2O/c1-12(13-7-9-16-10-8-13)17-11-15(18)14-5-3-2-4-6-14/h2-10,12,15,17-18H,11H2,1H3/t12-,15?/m1/s1. The number of aromatic nitrogens is 1. The minimum absolute atomic E-state index is 0.200. The molecule has 0 saturated carbocycles. The molecule has 2 aromatic rings. The molecule has 1 aromatic heterocycles. The lowest BCUT2D eigenvalue weighted by Crippen LogP contribution is -2.24. The average Bonchev–Trinajstić information content (AvgIpc) is 2.46. The smallest absolute Gasteiger partial charge is 0.0914 e. The number of benzene rings is 1. The van der Waals surface area contributed by atoms with Crippen molar-refractivity contribution in [2.24, 2.45) is 0 Å². The molecule has 2 atom stereocenters. The Bertz CT molecular complexity index is 413. The Morgan fingerprint density at radius 2 is 1.72 bits per heavy atom. The lowest BCUT2D eigenvalue weighted by Gasteiger charge is -2.17. The van der Waals surface area contributed by atoms with Gasteiger partial charge in [-0.05, 0) is 30.2 Å². The summed E-state index contributed by atoms with van der Waals surface area (Å²) in [5.74, 6) is 0. The predicted molar refractivity (Wildman–Crippen MR) is 72.1 cm³/mol. The molecule has 18 heavy (non-hydrogen) atoms. The fourth-order valence-corrected chi connectivity index (χ4v) is 1.85. The molecule has 1 heterocycles. The van der Waals surface area contributed by atoms with Crippen LogP contribution in [0.2, 0.25) is 0 Å². The number of aliphatic hydroxyl groups excluding tert-OH is 1. The largest absolute Gasteiger partial charge is 0.387 e. The first kappa shape index (κ1) is 12.7. The zero-order chi connectivity index (χ0) is 12.8. The summed E-state index contributed by atoms with van der Waals surface area (Å²) < 4.78 is 0. The third kappa shape index (κ3) is 3.39. The van der Waals surface area contributed by atoms with Gasteiger partial charge in [0.1, 0.15) is 0 Å². The van der Waals surface area contributed by atoms with Gasteiger partial charge in [-0.1, -0.05) is 30.3 Å². The number of hydrogen-bond acceptors (Lipinski definition) is 3. The van der Waals surface area contributed by atoms with Gasteiger partial charge in [0.2, 0.25) is 0 Å². The first-order valence-electron chi connectivity index (χ1n) is 6.13. The third-order valence-electron chi connectivity index (χ3n) is 3.01. The highest BCUT2D eigenvalue weighted by molar-refractivity contribution is 5.18. The van der Waals surface area contributed by atoms with E-state index in [0.717, 1.165) is 5.56 Å². The second-order valence-corrected chi connectivity index (χ2v) is 4.34. The number of nitrogens with zero attached hydrogens (tertiary/aromatic N) is 1. The van der Waals surface area contributed by atoms with E-state index in [1.807, 2.05) is 42.5 Å².